The van der Waals surface area contributed by atoms with Crippen LogP contribution in [0.1, 0.15) is 20.3 Å². The Hall–Kier alpha value is -1.44. The molecule has 0 saturated carbocycles. The Morgan fingerprint density at radius 3 is 2.80 bits per heavy atom. The molecule has 2 aliphatic rings. The van der Waals surface area contributed by atoms with Gasteiger partial charge in [-0.15, -0.1) is 0 Å². The van der Waals surface area contributed by atoms with E-state index in [-0.39, 0.29) is 5.91 Å². The summed E-state index contributed by atoms with van der Waals surface area (Å²) >= 11 is 0. The highest BCUT2D eigenvalue weighted by molar-refractivity contribution is 5.73. The summed E-state index contributed by atoms with van der Waals surface area (Å²) in [5.74, 6) is 0.769. The highest BCUT2D eigenvalue weighted by atomic mass is 16.3. The molecule has 1 aromatic heterocycles. The monoisotopic (exact) mass is 349 g/mol. The van der Waals surface area contributed by atoms with Crippen molar-refractivity contribution in [2.24, 2.45) is 5.92 Å². The van der Waals surface area contributed by atoms with Gasteiger partial charge in [0.1, 0.15) is 0 Å². The SMILES string of the molecule is CC(=O)N1CCCN([C@@H]2CN(C[C@H](O)Cn3cccn3)C[C@H]2C)CC1. The van der Waals surface area contributed by atoms with Gasteiger partial charge >= 0.3 is 0 Å². The van der Waals surface area contributed by atoms with Gasteiger partial charge in [0.25, 0.3) is 0 Å². The van der Waals surface area contributed by atoms with Crippen molar-refractivity contribution in [3.8, 4) is 0 Å². The second-order valence-corrected chi connectivity index (χ2v) is 7.54. The molecule has 1 N–H and O–H groups in total. The first-order valence-electron chi connectivity index (χ1n) is 9.40. The molecular weight excluding hydrogens is 318 g/mol. The van der Waals surface area contributed by atoms with Crippen LogP contribution in [0.15, 0.2) is 18.5 Å². The fourth-order valence-electron chi connectivity index (χ4n) is 4.24. The fraction of sp³-hybridized carbons (Fsp3) is 0.778. The molecule has 0 bridgehead atoms. The van der Waals surface area contributed by atoms with Crippen molar-refractivity contribution in [1.82, 2.24) is 24.5 Å². The number of aromatic nitrogens is 2. The molecule has 2 fully saturated rings. The largest absolute Gasteiger partial charge is 0.390 e. The number of β-amino-alcohol motifs (C(OH)–C–C–N with tert-alkyl or cyclic N) is 1. The van der Waals surface area contributed by atoms with Gasteiger partial charge in [-0.05, 0) is 18.4 Å². The van der Waals surface area contributed by atoms with Crippen molar-refractivity contribution in [1.29, 1.82) is 0 Å². The second-order valence-electron chi connectivity index (χ2n) is 7.54. The Morgan fingerprint density at radius 2 is 2.08 bits per heavy atom. The maximum absolute atomic E-state index is 11.6. The van der Waals surface area contributed by atoms with Crippen LogP contribution in [0.25, 0.3) is 0 Å². The topological polar surface area (TPSA) is 64.8 Å². The molecule has 0 aromatic carbocycles. The van der Waals surface area contributed by atoms with Crippen molar-refractivity contribution >= 4 is 5.91 Å². The summed E-state index contributed by atoms with van der Waals surface area (Å²) in [6.45, 7) is 10.9. The molecule has 1 aromatic rings. The minimum atomic E-state index is -0.400. The van der Waals surface area contributed by atoms with E-state index in [0.717, 1.165) is 45.7 Å². The first-order chi connectivity index (χ1) is 12.0. The molecule has 3 rings (SSSR count). The number of amides is 1. The summed E-state index contributed by atoms with van der Waals surface area (Å²) in [7, 11) is 0. The molecule has 2 saturated heterocycles. The van der Waals surface area contributed by atoms with E-state index in [4.69, 9.17) is 0 Å². The number of rotatable bonds is 5. The van der Waals surface area contributed by atoms with Gasteiger partial charge in [0.15, 0.2) is 0 Å². The number of carbonyl (C=O) groups is 1. The number of aliphatic hydroxyl groups is 1. The van der Waals surface area contributed by atoms with Gasteiger partial charge in [0.2, 0.25) is 5.91 Å². The van der Waals surface area contributed by atoms with Crippen LogP contribution in [-0.4, -0.2) is 93.5 Å². The summed E-state index contributed by atoms with van der Waals surface area (Å²) in [6, 6.07) is 2.40. The number of carbonyl (C=O) groups excluding carboxylic acids is 1. The van der Waals surface area contributed by atoms with Gasteiger partial charge in [0, 0.05) is 71.2 Å². The molecule has 0 unspecified atom stereocenters. The van der Waals surface area contributed by atoms with E-state index in [1.165, 1.54) is 0 Å². The molecule has 25 heavy (non-hydrogen) atoms. The summed E-state index contributed by atoms with van der Waals surface area (Å²) in [6.07, 6.45) is 4.27. The van der Waals surface area contributed by atoms with E-state index in [1.54, 1.807) is 17.8 Å². The maximum Gasteiger partial charge on any atom is 0.219 e. The van der Waals surface area contributed by atoms with Crippen LogP contribution in [0.5, 0.6) is 0 Å². The predicted molar refractivity (Wildman–Crippen MR) is 96.1 cm³/mol. The van der Waals surface area contributed by atoms with Crippen LogP contribution in [0.3, 0.4) is 0 Å². The van der Waals surface area contributed by atoms with Gasteiger partial charge in [-0.2, -0.15) is 5.10 Å². The van der Waals surface area contributed by atoms with Crippen LogP contribution < -0.4 is 0 Å². The fourth-order valence-corrected chi connectivity index (χ4v) is 4.24. The smallest absolute Gasteiger partial charge is 0.219 e. The van der Waals surface area contributed by atoms with Crippen molar-refractivity contribution < 1.29 is 9.90 Å². The Morgan fingerprint density at radius 1 is 1.24 bits per heavy atom. The van der Waals surface area contributed by atoms with Crippen LogP contribution in [0.4, 0.5) is 0 Å². The number of hydrogen-bond donors (Lipinski definition) is 1. The summed E-state index contributed by atoms with van der Waals surface area (Å²) < 4.78 is 1.78. The third kappa shape index (κ3) is 4.80. The molecule has 1 amide bonds. The molecule has 7 heteroatoms. The van der Waals surface area contributed by atoms with E-state index in [0.29, 0.717) is 25.0 Å². The number of nitrogens with zero attached hydrogens (tertiary/aromatic N) is 5. The van der Waals surface area contributed by atoms with E-state index in [1.807, 2.05) is 17.2 Å². The predicted octanol–water partition coefficient (Wildman–Crippen LogP) is 0.119. The molecule has 0 radical (unpaired) electrons. The molecule has 0 aliphatic carbocycles. The van der Waals surface area contributed by atoms with Gasteiger partial charge < -0.3 is 10.0 Å². The molecular formula is C18H31N5O2. The van der Waals surface area contributed by atoms with Crippen molar-refractivity contribution in [3.05, 3.63) is 18.5 Å². The zero-order valence-electron chi connectivity index (χ0n) is 15.4. The van der Waals surface area contributed by atoms with Crippen molar-refractivity contribution in [3.63, 3.8) is 0 Å². The lowest BCUT2D eigenvalue weighted by Gasteiger charge is -2.30. The first-order valence-corrected chi connectivity index (χ1v) is 9.40. The molecule has 2 aliphatic heterocycles. The minimum absolute atomic E-state index is 0.185. The van der Waals surface area contributed by atoms with Gasteiger partial charge in [-0.3, -0.25) is 19.3 Å². The van der Waals surface area contributed by atoms with E-state index in [2.05, 4.69) is 21.8 Å². The van der Waals surface area contributed by atoms with Crippen LogP contribution >= 0.6 is 0 Å². The van der Waals surface area contributed by atoms with Crippen molar-refractivity contribution in [2.45, 2.75) is 39.0 Å². The van der Waals surface area contributed by atoms with E-state index >= 15 is 0 Å². The lowest BCUT2D eigenvalue weighted by molar-refractivity contribution is -0.128. The maximum atomic E-state index is 11.6. The number of hydrogen-bond acceptors (Lipinski definition) is 5. The minimum Gasteiger partial charge on any atom is -0.390 e. The molecule has 7 nitrogen and oxygen atoms in total. The Balaban J connectivity index is 1.50. The third-order valence-electron chi connectivity index (χ3n) is 5.52. The highest BCUT2D eigenvalue weighted by Crippen LogP contribution is 2.23. The Bertz CT molecular complexity index is 550. The average Bonchev–Trinajstić information content (AvgIpc) is 3.10. The lowest BCUT2D eigenvalue weighted by Crippen LogP contribution is -2.43. The Labute approximate surface area is 150 Å². The second kappa shape index (κ2) is 8.29. The first kappa shape index (κ1) is 18.4. The third-order valence-corrected chi connectivity index (χ3v) is 5.52. The average molecular weight is 349 g/mol. The summed E-state index contributed by atoms with van der Waals surface area (Å²) in [5, 5.41) is 14.5. The van der Waals surface area contributed by atoms with E-state index < -0.39 is 6.10 Å². The molecule has 140 valence electrons. The normalized spacial score (nSPS) is 27.4. The van der Waals surface area contributed by atoms with Gasteiger partial charge in [-0.25, -0.2) is 0 Å². The van der Waals surface area contributed by atoms with Crippen molar-refractivity contribution in [2.75, 3.05) is 45.8 Å². The van der Waals surface area contributed by atoms with Gasteiger partial charge in [0.05, 0.1) is 12.6 Å². The standard InChI is InChI=1S/C18H31N5O2/c1-15-11-20(12-17(25)13-23-8-3-5-19-23)14-18(15)22-7-4-6-21(9-10-22)16(2)24/h3,5,8,15,17-18,25H,4,6-7,9-14H2,1-2H3/t15-,17+,18-/m1/s1. The van der Waals surface area contributed by atoms with Crippen LogP contribution in [0.2, 0.25) is 0 Å². The summed E-state index contributed by atoms with van der Waals surface area (Å²) in [4.78, 5) is 18.5. The lowest BCUT2D eigenvalue weighted by atomic mass is 10.0. The zero-order chi connectivity index (χ0) is 17.8. The van der Waals surface area contributed by atoms with Gasteiger partial charge in [-0.1, -0.05) is 6.92 Å². The number of aliphatic hydroxyl groups excluding tert-OH is 1. The Kier molecular flexibility index (Phi) is 6.09. The molecule has 3 heterocycles. The quantitative estimate of drug-likeness (QED) is 0.818. The molecule has 0 spiro atoms. The highest BCUT2D eigenvalue weighted by Gasteiger charge is 2.35. The van der Waals surface area contributed by atoms with Crippen LogP contribution in [0, 0.1) is 5.92 Å². The van der Waals surface area contributed by atoms with E-state index in [9.17, 15) is 9.90 Å². The molecule has 3 atom stereocenters. The zero-order valence-corrected chi connectivity index (χ0v) is 15.4. The van der Waals surface area contributed by atoms with Crippen LogP contribution in [-0.2, 0) is 11.3 Å². The number of likely N-dealkylation sites (tertiary alicyclic amines) is 1. The summed E-state index contributed by atoms with van der Waals surface area (Å²) in [5.41, 5.74) is 0.